The molecule has 1 atom stereocenters. The van der Waals surface area contributed by atoms with E-state index in [4.69, 9.17) is 0 Å². The van der Waals surface area contributed by atoms with Crippen molar-refractivity contribution in [1.29, 1.82) is 0 Å². The lowest BCUT2D eigenvalue weighted by atomic mass is 9.85. The van der Waals surface area contributed by atoms with Crippen LogP contribution in [0.3, 0.4) is 0 Å². The molecule has 0 aliphatic heterocycles. The van der Waals surface area contributed by atoms with Crippen molar-refractivity contribution in [2.24, 2.45) is 0 Å². The standard InChI is InChI=1S/C17H25N5O/c1-11(8-14-9-12(2)20-21-14)19-17(23)15-10-18-22-16(15)13-6-4-3-5-7-13/h9-11,13H,3-8H2,1-2H3,(H,18,22)(H,19,23)(H,20,21)/t11-/m0/s1. The molecule has 1 amide bonds. The van der Waals surface area contributed by atoms with Gasteiger partial charge in [-0.15, -0.1) is 0 Å². The Bertz CT molecular complexity index is 653. The van der Waals surface area contributed by atoms with Crippen LogP contribution in [0.15, 0.2) is 12.3 Å². The third kappa shape index (κ3) is 3.81. The molecule has 2 aromatic rings. The maximum Gasteiger partial charge on any atom is 0.254 e. The van der Waals surface area contributed by atoms with Crippen LogP contribution in [-0.4, -0.2) is 32.3 Å². The highest BCUT2D eigenvalue weighted by molar-refractivity contribution is 5.95. The molecule has 3 rings (SSSR count). The number of aromatic nitrogens is 4. The minimum absolute atomic E-state index is 0.0271. The van der Waals surface area contributed by atoms with Crippen LogP contribution in [0.2, 0.25) is 0 Å². The zero-order valence-corrected chi connectivity index (χ0v) is 13.9. The van der Waals surface area contributed by atoms with Gasteiger partial charge in [-0.05, 0) is 32.8 Å². The molecule has 1 fully saturated rings. The number of carbonyl (C=O) groups excluding carboxylic acids is 1. The van der Waals surface area contributed by atoms with Gasteiger partial charge in [-0.3, -0.25) is 15.0 Å². The molecule has 0 bridgehead atoms. The van der Waals surface area contributed by atoms with Crippen LogP contribution in [0.25, 0.3) is 0 Å². The number of nitrogens with one attached hydrogen (secondary N) is 3. The minimum Gasteiger partial charge on any atom is -0.349 e. The molecule has 0 radical (unpaired) electrons. The molecular formula is C17H25N5O. The molecule has 6 heteroatoms. The maximum atomic E-state index is 12.6. The number of carbonyl (C=O) groups is 1. The number of nitrogens with zero attached hydrogens (tertiary/aromatic N) is 2. The summed E-state index contributed by atoms with van der Waals surface area (Å²) < 4.78 is 0. The monoisotopic (exact) mass is 315 g/mol. The van der Waals surface area contributed by atoms with Crippen molar-refractivity contribution >= 4 is 5.91 Å². The van der Waals surface area contributed by atoms with Crippen molar-refractivity contribution in [2.45, 2.75) is 64.3 Å². The molecule has 1 saturated carbocycles. The third-order valence-corrected chi connectivity index (χ3v) is 4.58. The van der Waals surface area contributed by atoms with Gasteiger partial charge >= 0.3 is 0 Å². The van der Waals surface area contributed by atoms with Crippen molar-refractivity contribution in [1.82, 2.24) is 25.7 Å². The van der Waals surface area contributed by atoms with E-state index in [1.54, 1.807) is 6.20 Å². The van der Waals surface area contributed by atoms with Gasteiger partial charge in [-0.2, -0.15) is 10.2 Å². The van der Waals surface area contributed by atoms with E-state index < -0.39 is 0 Å². The molecule has 0 spiro atoms. The van der Waals surface area contributed by atoms with Crippen LogP contribution in [0.4, 0.5) is 0 Å². The summed E-state index contributed by atoms with van der Waals surface area (Å²) in [6.07, 6.45) is 8.43. The summed E-state index contributed by atoms with van der Waals surface area (Å²) in [6.45, 7) is 3.98. The van der Waals surface area contributed by atoms with Gasteiger partial charge in [0.05, 0.1) is 23.1 Å². The van der Waals surface area contributed by atoms with Gasteiger partial charge in [0.25, 0.3) is 5.91 Å². The normalized spacial score (nSPS) is 17.1. The van der Waals surface area contributed by atoms with Gasteiger partial charge in [-0.1, -0.05) is 19.3 Å². The van der Waals surface area contributed by atoms with Gasteiger partial charge in [0.1, 0.15) is 0 Å². The zero-order valence-electron chi connectivity index (χ0n) is 13.9. The van der Waals surface area contributed by atoms with Gasteiger partial charge in [0.2, 0.25) is 0 Å². The van der Waals surface area contributed by atoms with E-state index in [1.807, 2.05) is 19.9 Å². The molecule has 6 nitrogen and oxygen atoms in total. The van der Waals surface area contributed by atoms with Gasteiger partial charge in [-0.25, -0.2) is 0 Å². The minimum atomic E-state index is -0.0425. The van der Waals surface area contributed by atoms with E-state index in [-0.39, 0.29) is 11.9 Å². The average molecular weight is 315 g/mol. The second-order valence-corrected chi connectivity index (χ2v) is 6.65. The predicted octanol–water partition coefficient (Wildman–Crippen LogP) is 2.85. The molecule has 2 aromatic heterocycles. The Hall–Kier alpha value is -2.11. The summed E-state index contributed by atoms with van der Waals surface area (Å²) in [7, 11) is 0. The summed E-state index contributed by atoms with van der Waals surface area (Å²) >= 11 is 0. The molecule has 3 N–H and O–H groups in total. The number of hydrogen-bond acceptors (Lipinski definition) is 3. The Morgan fingerprint density at radius 1 is 1.35 bits per heavy atom. The lowest BCUT2D eigenvalue weighted by Gasteiger charge is -2.21. The van der Waals surface area contributed by atoms with Crippen LogP contribution in [0, 0.1) is 6.92 Å². The number of H-pyrrole nitrogens is 2. The molecule has 0 unspecified atom stereocenters. The van der Waals surface area contributed by atoms with E-state index >= 15 is 0 Å². The number of hydrogen-bond donors (Lipinski definition) is 3. The Labute approximate surface area is 136 Å². The van der Waals surface area contributed by atoms with Crippen LogP contribution in [0.5, 0.6) is 0 Å². The van der Waals surface area contributed by atoms with Crippen molar-refractivity contribution in [2.75, 3.05) is 0 Å². The first-order valence-electron chi connectivity index (χ1n) is 8.48. The second kappa shape index (κ2) is 6.98. The molecule has 0 saturated heterocycles. The Balaban J connectivity index is 1.62. The Kier molecular flexibility index (Phi) is 4.79. The fourth-order valence-corrected chi connectivity index (χ4v) is 3.42. The van der Waals surface area contributed by atoms with Crippen molar-refractivity contribution in [3.05, 3.63) is 34.9 Å². The van der Waals surface area contributed by atoms with E-state index in [1.165, 1.54) is 19.3 Å². The third-order valence-electron chi connectivity index (χ3n) is 4.58. The molecule has 124 valence electrons. The SMILES string of the molecule is Cc1cc(C[C@H](C)NC(=O)c2cn[nH]c2C2CCCCC2)n[nH]1. The fraction of sp³-hybridized carbons (Fsp3) is 0.588. The van der Waals surface area contributed by atoms with Crippen molar-refractivity contribution in [3.8, 4) is 0 Å². The highest BCUT2D eigenvalue weighted by Gasteiger charge is 2.24. The van der Waals surface area contributed by atoms with Crippen LogP contribution >= 0.6 is 0 Å². The summed E-state index contributed by atoms with van der Waals surface area (Å²) in [5.41, 5.74) is 3.70. The molecule has 23 heavy (non-hydrogen) atoms. The highest BCUT2D eigenvalue weighted by Crippen LogP contribution is 2.33. The summed E-state index contributed by atoms with van der Waals surface area (Å²) in [5.74, 6) is 0.398. The van der Waals surface area contributed by atoms with Gasteiger partial charge in [0.15, 0.2) is 0 Å². The number of amides is 1. The zero-order chi connectivity index (χ0) is 16.2. The first-order chi connectivity index (χ1) is 11.1. The van der Waals surface area contributed by atoms with Crippen molar-refractivity contribution in [3.63, 3.8) is 0 Å². The van der Waals surface area contributed by atoms with Crippen LogP contribution in [0.1, 0.15) is 72.4 Å². The summed E-state index contributed by atoms with van der Waals surface area (Å²) in [4.78, 5) is 12.6. The predicted molar refractivity (Wildman–Crippen MR) is 88.4 cm³/mol. The average Bonchev–Trinajstić information content (AvgIpc) is 3.17. The summed E-state index contributed by atoms with van der Waals surface area (Å²) in [6, 6.07) is 2.04. The number of rotatable bonds is 5. The lowest BCUT2D eigenvalue weighted by molar-refractivity contribution is 0.0938. The van der Waals surface area contributed by atoms with Crippen molar-refractivity contribution < 1.29 is 4.79 Å². The van der Waals surface area contributed by atoms with E-state index in [0.717, 1.165) is 29.9 Å². The van der Waals surface area contributed by atoms with E-state index in [9.17, 15) is 4.79 Å². The first kappa shape index (κ1) is 15.8. The molecular weight excluding hydrogens is 290 g/mol. The lowest BCUT2D eigenvalue weighted by Crippen LogP contribution is -2.34. The van der Waals surface area contributed by atoms with E-state index in [0.29, 0.717) is 17.9 Å². The quantitative estimate of drug-likeness (QED) is 0.793. The topological polar surface area (TPSA) is 86.5 Å². The Morgan fingerprint density at radius 3 is 2.83 bits per heavy atom. The first-order valence-corrected chi connectivity index (χ1v) is 8.48. The number of aromatic amines is 2. The fourth-order valence-electron chi connectivity index (χ4n) is 3.42. The Morgan fingerprint density at radius 2 is 2.13 bits per heavy atom. The van der Waals surface area contributed by atoms with Crippen LogP contribution < -0.4 is 5.32 Å². The maximum absolute atomic E-state index is 12.6. The summed E-state index contributed by atoms with van der Waals surface area (Å²) in [5, 5.41) is 17.4. The van der Waals surface area contributed by atoms with Gasteiger partial charge < -0.3 is 5.32 Å². The highest BCUT2D eigenvalue weighted by atomic mass is 16.1. The molecule has 1 aliphatic carbocycles. The molecule has 1 aliphatic rings. The van der Waals surface area contributed by atoms with Crippen LogP contribution in [-0.2, 0) is 6.42 Å². The largest absolute Gasteiger partial charge is 0.349 e. The molecule has 2 heterocycles. The van der Waals surface area contributed by atoms with E-state index in [2.05, 4.69) is 25.7 Å². The second-order valence-electron chi connectivity index (χ2n) is 6.65. The number of aryl methyl sites for hydroxylation is 1. The molecule has 0 aromatic carbocycles. The smallest absolute Gasteiger partial charge is 0.254 e. The van der Waals surface area contributed by atoms with Gasteiger partial charge in [0, 0.05) is 24.1 Å².